The molecule has 0 aromatic carbocycles. The molecule has 3 aromatic heterocycles. The standard InChI is InChI=1S/C16H18N6O3/c1-20-14-13(15(23)21(2)16(20)24)22(11-17-14)9-8-19-18-7-3-5-12-6-4-10-25-12/h3-7,10-11,19H,8-9H2,1-2H3/b5-3-,18-7+. The fraction of sp³-hybridized carbons (Fsp3) is 0.250. The summed E-state index contributed by atoms with van der Waals surface area (Å²) in [5, 5.41) is 4.05. The molecule has 0 amide bonds. The number of imidazole rings is 1. The van der Waals surface area contributed by atoms with Crippen molar-refractivity contribution in [1.82, 2.24) is 24.1 Å². The number of hydrogen-bond donors (Lipinski definition) is 1. The molecule has 1 N–H and O–H groups in total. The molecular weight excluding hydrogens is 324 g/mol. The smallest absolute Gasteiger partial charge is 0.332 e. The summed E-state index contributed by atoms with van der Waals surface area (Å²) in [7, 11) is 3.05. The summed E-state index contributed by atoms with van der Waals surface area (Å²) >= 11 is 0. The van der Waals surface area contributed by atoms with E-state index in [0.717, 1.165) is 10.3 Å². The van der Waals surface area contributed by atoms with Crippen molar-refractivity contribution >= 4 is 23.5 Å². The Kier molecular flexibility index (Phi) is 4.64. The number of nitrogens with zero attached hydrogens (tertiary/aromatic N) is 5. The molecule has 0 unspecified atom stereocenters. The van der Waals surface area contributed by atoms with Crippen LogP contribution in [0.1, 0.15) is 5.76 Å². The number of aromatic nitrogens is 4. The lowest BCUT2D eigenvalue weighted by Crippen LogP contribution is -2.37. The lowest BCUT2D eigenvalue weighted by atomic mass is 10.4. The molecule has 0 aliphatic rings. The van der Waals surface area contributed by atoms with Gasteiger partial charge in [-0.1, -0.05) is 0 Å². The molecule has 3 heterocycles. The molecule has 0 bridgehead atoms. The Labute approximate surface area is 142 Å². The number of hydrogen-bond acceptors (Lipinski definition) is 6. The molecule has 3 rings (SSSR count). The fourth-order valence-corrected chi connectivity index (χ4v) is 2.42. The Balaban J connectivity index is 1.64. The summed E-state index contributed by atoms with van der Waals surface area (Å²) in [6, 6.07) is 3.65. The van der Waals surface area contributed by atoms with Crippen molar-refractivity contribution in [3.63, 3.8) is 0 Å². The van der Waals surface area contributed by atoms with Crippen LogP contribution in [0.4, 0.5) is 0 Å². The molecule has 0 aliphatic carbocycles. The number of rotatable bonds is 6. The van der Waals surface area contributed by atoms with Gasteiger partial charge in [0.1, 0.15) is 5.76 Å². The lowest BCUT2D eigenvalue weighted by molar-refractivity contribution is 0.557. The highest BCUT2D eigenvalue weighted by Crippen LogP contribution is 2.04. The monoisotopic (exact) mass is 342 g/mol. The van der Waals surface area contributed by atoms with Crippen LogP contribution in [-0.4, -0.2) is 31.4 Å². The van der Waals surface area contributed by atoms with E-state index in [2.05, 4.69) is 15.5 Å². The summed E-state index contributed by atoms with van der Waals surface area (Å²) < 4.78 is 9.30. The van der Waals surface area contributed by atoms with Gasteiger partial charge in [-0.15, -0.1) is 0 Å². The van der Waals surface area contributed by atoms with Gasteiger partial charge in [-0.2, -0.15) is 5.10 Å². The van der Waals surface area contributed by atoms with Crippen LogP contribution in [0.15, 0.2) is 49.9 Å². The zero-order valence-corrected chi connectivity index (χ0v) is 13.9. The van der Waals surface area contributed by atoms with Gasteiger partial charge in [-0.25, -0.2) is 9.78 Å². The van der Waals surface area contributed by atoms with Gasteiger partial charge in [-0.3, -0.25) is 13.9 Å². The summed E-state index contributed by atoms with van der Waals surface area (Å²) in [6.45, 7) is 0.992. The summed E-state index contributed by atoms with van der Waals surface area (Å²) in [5.74, 6) is 0.748. The first-order valence-electron chi connectivity index (χ1n) is 7.66. The van der Waals surface area contributed by atoms with E-state index in [1.54, 1.807) is 42.6 Å². The van der Waals surface area contributed by atoms with E-state index < -0.39 is 5.69 Å². The van der Waals surface area contributed by atoms with Gasteiger partial charge in [0.15, 0.2) is 11.2 Å². The van der Waals surface area contributed by atoms with Gasteiger partial charge in [0.2, 0.25) is 0 Å². The third-order valence-corrected chi connectivity index (χ3v) is 3.74. The van der Waals surface area contributed by atoms with Gasteiger partial charge in [-0.05, 0) is 24.3 Å². The second-order valence-corrected chi connectivity index (χ2v) is 5.38. The first-order valence-corrected chi connectivity index (χ1v) is 7.66. The van der Waals surface area contributed by atoms with Crippen molar-refractivity contribution in [1.29, 1.82) is 0 Å². The normalized spacial score (nSPS) is 11.9. The molecule has 0 saturated carbocycles. The Morgan fingerprint density at radius 3 is 2.92 bits per heavy atom. The van der Waals surface area contributed by atoms with Gasteiger partial charge in [0.05, 0.1) is 19.1 Å². The number of aryl methyl sites for hydroxylation is 1. The number of nitrogens with one attached hydrogen (secondary N) is 1. The Morgan fingerprint density at radius 1 is 1.32 bits per heavy atom. The highest BCUT2D eigenvalue weighted by atomic mass is 16.3. The first kappa shape index (κ1) is 16.5. The molecule has 0 fully saturated rings. The summed E-state index contributed by atoms with van der Waals surface area (Å²) in [4.78, 5) is 28.3. The predicted octanol–water partition coefficient (Wildman–Crippen LogP) is 0.315. The zero-order valence-electron chi connectivity index (χ0n) is 13.9. The van der Waals surface area contributed by atoms with Crippen LogP contribution < -0.4 is 16.7 Å². The topological polar surface area (TPSA) is 99.3 Å². The SMILES string of the molecule is Cn1c(=O)c2c(ncn2CCN/N=C/C=C\c2ccco2)n(C)c1=O. The Morgan fingerprint density at radius 2 is 2.16 bits per heavy atom. The lowest BCUT2D eigenvalue weighted by Gasteiger charge is -2.06. The fourth-order valence-electron chi connectivity index (χ4n) is 2.42. The van der Waals surface area contributed by atoms with E-state index in [-0.39, 0.29) is 5.56 Å². The van der Waals surface area contributed by atoms with Crippen LogP contribution >= 0.6 is 0 Å². The van der Waals surface area contributed by atoms with Gasteiger partial charge in [0.25, 0.3) is 5.56 Å². The minimum atomic E-state index is -0.395. The Hall–Kier alpha value is -3.36. The highest BCUT2D eigenvalue weighted by Gasteiger charge is 2.13. The van der Waals surface area contributed by atoms with E-state index in [1.165, 1.54) is 11.6 Å². The van der Waals surface area contributed by atoms with Gasteiger partial charge < -0.3 is 14.4 Å². The minimum absolute atomic E-state index is 0.361. The van der Waals surface area contributed by atoms with Crippen molar-refractivity contribution in [2.24, 2.45) is 19.2 Å². The van der Waals surface area contributed by atoms with Crippen molar-refractivity contribution < 1.29 is 4.42 Å². The largest absolute Gasteiger partial charge is 0.465 e. The zero-order chi connectivity index (χ0) is 17.8. The van der Waals surface area contributed by atoms with E-state index in [9.17, 15) is 9.59 Å². The molecular formula is C16H18N6O3. The quantitative estimate of drug-likeness (QED) is 0.395. The van der Waals surface area contributed by atoms with Crippen LogP contribution in [-0.2, 0) is 20.6 Å². The van der Waals surface area contributed by atoms with Crippen molar-refractivity contribution in [3.05, 3.63) is 57.4 Å². The maximum Gasteiger partial charge on any atom is 0.332 e. The second-order valence-electron chi connectivity index (χ2n) is 5.38. The molecule has 0 radical (unpaired) electrons. The van der Waals surface area contributed by atoms with Gasteiger partial charge in [0, 0.05) is 26.9 Å². The van der Waals surface area contributed by atoms with E-state index in [1.807, 2.05) is 12.1 Å². The van der Waals surface area contributed by atoms with Crippen LogP contribution in [0.3, 0.4) is 0 Å². The molecule has 0 spiro atoms. The molecule has 130 valence electrons. The molecule has 0 saturated heterocycles. The first-order chi connectivity index (χ1) is 12.1. The molecule has 9 nitrogen and oxygen atoms in total. The number of hydrazone groups is 1. The number of allylic oxidation sites excluding steroid dienone is 1. The van der Waals surface area contributed by atoms with Crippen molar-refractivity contribution in [2.75, 3.05) is 6.54 Å². The van der Waals surface area contributed by atoms with Crippen molar-refractivity contribution in [3.8, 4) is 0 Å². The van der Waals surface area contributed by atoms with E-state index in [4.69, 9.17) is 4.42 Å². The van der Waals surface area contributed by atoms with Crippen LogP contribution in [0.2, 0.25) is 0 Å². The molecule has 9 heteroatoms. The third kappa shape index (κ3) is 3.30. The minimum Gasteiger partial charge on any atom is -0.465 e. The average molecular weight is 342 g/mol. The second kappa shape index (κ2) is 7.04. The summed E-state index contributed by atoms with van der Waals surface area (Å²) in [5.41, 5.74) is 2.90. The third-order valence-electron chi connectivity index (χ3n) is 3.74. The number of furan rings is 1. The summed E-state index contributed by atoms with van der Waals surface area (Å²) in [6.07, 6.45) is 8.30. The van der Waals surface area contributed by atoms with Crippen LogP contribution in [0, 0.1) is 0 Å². The predicted molar refractivity (Wildman–Crippen MR) is 94.5 cm³/mol. The Bertz CT molecular complexity index is 1040. The molecule has 0 aliphatic heterocycles. The maximum absolute atomic E-state index is 12.3. The van der Waals surface area contributed by atoms with Gasteiger partial charge >= 0.3 is 5.69 Å². The van der Waals surface area contributed by atoms with Crippen molar-refractivity contribution in [2.45, 2.75) is 6.54 Å². The maximum atomic E-state index is 12.3. The molecule has 25 heavy (non-hydrogen) atoms. The molecule has 3 aromatic rings. The van der Waals surface area contributed by atoms with Crippen LogP contribution in [0.5, 0.6) is 0 Å². The average Bonchev–Trinajstić information content (AvgIpc) is 3.27. The van der Waals surface area contributed by atoms with E-state index in [0.29, 0.717) is 24.3 Å². The highest BCUT2D eigenvalue weighted by molar-refractivity contribution is 5.77. The number of fused-ring (bicyclic) bond motifs is 1. The van der Waals surface area contributed by atoms with Crippen LogP contribution in [0.25, 0.3) is 17.2 Å². The molecule has 0 atom stereocenters. The van der Waals surface area contributed by atoms with E-state index >= 15 is 0 Å².